The summed E-state index contributed by atoms with van der Waals surface area (Å²) in [5.74, 6) is 0. The molecule has 1 aromatic carbocycles. The Balaban J connectivity index is 3.13. The highest BCUT2D eigenvalue weighted by Crippen LogP contribution is 2.38. The molecule has 0 saturated heterocycles. The molecule has 1 atom stereocenters. The summed E-state index contributed by atoms with van der Waals surface area (Å²) in [6.07, 6.45) is 1.22. The molecule has 0 radical (unpaired) electrons. The summed E-state index contributed by atoms with van der Waals surface area (Å²) in [6.45, 7) is 20.6. The first kappa shape index (κ1) is 25.6. The van der Waals surface area contributed by atoms with Gasteiger partial charge >= 0.3 is 0 Å². The van der Waals surface area contributed by atoms with Gasteiger partial charge in [-0.3, -0.25) is 0 Å². The van der Waals surface area contributed by atoms with Gasteiger partial charge in [-0.1, -0.05) is 45.0 Å². The molecule has 5 nitrogen and oxygen atoms in total. The Morgan fingerprint density at radius 3 is 2.45 bits per heavy atom. The molecule has 8 heteroatoms. The first-order valence-corrected chi connectivity index (χ1v) is 14.1. The number of hydrogen-bond donors (Lipinski definition) is 0. The predicted molar refractivity (Wildman–Crippen MR) is 122 cm³/mol. The molecule has 1 aromatic rings. The molecular weight excluding hydrogens is 424 g/mol. The van der Waals surface area contributed by atoms with E-state index in [-0.39, 0.29) is 34.1 Å². The summed E-state index contributed by atoms with van der Waals surface area (Å²) >= 11 is 6.15. The Labute approximate surface area is 181 Å². The number of nitrogens with zero attached hydrogens (tertiary/aromatic N) is 2. The van der Waals surface area contributed by atoms with Gasteiger partial charge in [0.05, 0.1) is 22.8 Å². The maximum Gasteiger partial charge on any atom is 0.245 e. The van der Waals surface area contributed by atoms with Crippen LogP contribution in [0.2, 0.25) is 23.2 Å². The minimum atomic E-state index is -3.90. The highest BCUT2D eigenvalue weighted by atomic mass is 35.5. The molecule has 0 heterocycles. The molecule has 160 valence electrons. The van der Waals surface area contributed by atoms with E-state index < -0.39 is 18.3 Å². The molecule has 0 aliphatic heterocycles. The van der Waals surface area contributed by atoms with Crippen LogP contribution >= 0.6 is 11.6 Å². The van der Waals surface area contributed by atoms with Crippen LogP contribution in [0.5, 0.6) is 0 Å². The van der Waals surface area contributed by atoms with E-state index in [0.29, 0.717) is 11.1 Å². The van der Waals surface area contributed by atoms with Crippen molar-refractivity contribution in [3.63, 3.8) is 0 Å². The highest BCUT2D eigenvalue weighted by molar-refractivity contribution is 7.89. The number of nitriles is 1. The van der Waals surface area contributed by atoms with E-state index in [9.17, 15) is 8.42 Å². The second kappa shape index (κ2) is 9.58. The van der Waals surface area contributed by atoms with E-state index in [4.69, 9.17) is 21.3 Å². The molecule has 0 aliphatic carbocycles. The molecule has 0 N–H and O–H groups in total. The van der Waals surface area contributed by atoms with Crippen LogP contribution in [0.4, 0.5) is 0 Å². The lowest BCUT2D eigenvalue weighted by Crippen LogP contribution is -2.44. The molecule has 0 spiro atoms. The lowest BCUT2D eigenvalue weighted by molar-refractivity contribution is 0.225. The zero-order valence-corrected chi connectivity index (χ0v) is 20.7. The Bertz CT molecular complexity index is 915. The van der Waals surface area contributed by atoms with Gasteiger partial charge in [0.15, 0.2) is 8.32 Å². The second-order valence-electron chi connectivity index (χ2n) is 8.52. The summed E-state index contributed by atoms with van der Waals surface area (Å²) in [6, 6.07) is 6.08. The van der Waals surface area contributed by atoms with E-state index in [0.717, 1.165) is 0 Å². The normalized spacial score (nSPS) is 13.8. The van der Waals surface area contributed by atoms with Gasteiger partial charge < -0.3 is 4.43 Å². The van der Waals surface area contributed by atoms with Gasteiger partial charge in [0.2, 0.25) is 10.0 Å². The van der Waals surface area contributed by atoms with Crippen LogP contribution in [0.15, 0.2) is 47.9 Å². The average Bonchev–Trinajstić information content (AvgIpc) is 2.59. The third-order valence-electron chi connectivity index (χ3n) is 5.24. The Morgan fingerprint density at radius 2 is 2.00 bits per heavy atom. The third-order valence-corrected chi connectivity index (χ3v) is 12.1. The fourth-order valence-corrected chi connectivity index (χ4v) is 5.71. The quantitative estimate of drug-likeness (QED) is 0.372. The Hall–Kier alpha value is -1.43. The maximum absolute atomic E-state index is 13.2. The van der Waals surface area contributed by atoms with Gasteiger partial charge in [0, 0.05) is 13.1 Å². The predicted octanol–water partition coefficient (Wildman–Crippen LogP) is 5.35. The lowest BCUT2D eigenvalue weighted by Gasteiger charge is -2.39. The van der Waals surface area contributed by atoms with Crippen molar-refractivity contribution in [2.24, 2.45) is 0 Å². The SMILES string of the molecule is C=CCN(CC(=C)C(C)O[Si](C)(C)C(C)(C)C)S(=O)(=O)c1ccc(C#N)cc1Cl. The zero-order chi connectivity index (χ0) is 22.6. The number of rotatable bonds is 9. The van der Waals surface area contributed by atoms with Crippen molar-refractivity contribution in [2.75, 3.05) is 13.1 Å². The first-order chi connectivity index (χ1) is 13.2. The van der Waals surface area contributed by atoms with E-state index in [1.54, 1.807) is 0 Å². The van der Waals surface area contributed by atoms with Gasteiger partial charge in [-0.05, 0) is 48.8 Å². The molecule has 0 saturated carbocycles. The van der Waals surface area contributed by atoms with Crippen LogP contribution in [0, 0.1) is 11.3 Å². The molecule has 0 fully saturated rings. The maximum atomic E-state index is 13.2. The van der Waals surface area contributed by atoms with Gasteiger partial charge in [-0.15, -0.1) is 6.58 Å². The number of sulfonamides is 1. The van der Waals surface area contributed by atoms with Crippen LogP contribution in [0.25, 0.3) is 0 Å². The van der Waals surface area contributed by atoms with Crippen molar-refractivity contribution in [3.05, 3.63) is 53.6 Å². The summed E-state index contributed by atoms with van der Waals surface area (Å²) in [4.78, 5) is -0.0502. The minimum absolute atomic E-state index is 0.00861. The Kier molecular flexibility index (Phi) is 8.46. The molecule has 1 rings (SSSR count). The lowest BCUT2D eigenvalue weighted by atomic mass is 10.2. The fourth-order valence-electron chi connectivity index (χ4n) is 2.37. The average molecular weight is 455 g/mol. The van der Waals surface area contributed by atoms with Crippen molar-refractivity contribution in [3.8, 4) is 6.07 Å². The summed E-state index contributed by atoms with van der Waals surface area (Å²) in [5, 5.41) is 9.02. The monoisotopic (exact) mass is 454 g/mol. The van der Waals surface area contributed by atoms with Gasteiger partial charge in [0.1, 0.15) is 4.90 Å². The van der Waals surface area contributed by atoms with E-state index in [1.807, 2.05) is 13.0 Å². The molecule has 1 unspecified atom stereocenters. The van der Waals surface area contributed by atoms with Crippen LogP contribution in [0.1, 0.15) is 33.3 Å². The van der Waals surface area contributed by atoms with Gasteiger partial charge in [-0.2, -0.15) is 9.57 Å². The van der Waals surface area contributed by atoms with Crippen molar-refractivity contribution < 1.29 is 12.8 Å². The highest BCUT2D eigenvalue weighted by Gasteiger charge is 2.39. The van der Waals surface area contributed by atoms with Crippen molar-refractivity contribution in [1.82, 2.24) is 4.31 Å². The van der Waals surface area contributed by atoms with Crippen molar-refractivity contribution >= 4 is 29.9 Å². The largest absolute Gasteiger partial charge is 0.411 e. The van der Waals surface area contributed by atoms with Crippen LogP contribution in [-0.4, -0.2) is 40.2 Å². The molecular formula is C21H31ClN2O3SSi. The standard InChI is InChI=1S/C21H31ClN2O3SSi/c1-9-12-24(15-16(2)17(3)27-29(7,8)21(4,5)6)28(25,26)20-11-10-18(14-23)13-19(20)22/h9-11,13,17H,1-2,12,15H2,3-8H3. The topological polar surface area (TPSA) is 70.4 Å². The molecule has 0 aromatic heterocycles. The summed E-state index contributed by atoms with van der Waals surface area (Å²) in [5.41, 5.74) is 0.954. The third kappa shape index (κ3) is 6.27. The van der Waals surface area contributed by atoms with Gasteiger partial charge in [0.25, 0.3) is 0 Å². The van der Waals surface area contributed by atoms with Gasteiger partial charge in [-0.25, -0.2) is 8.42 Å². The number of halogens is 1. The summed E-state index contributed by atoms with van der Waals surface area (Å²) < 4.78 is 34.0. The molecule has 0 bridgehead atoms. The Morgan fingerprint density at radius 1 is 1.41 bits per heavy atom. The van der Waals surface area contributed by atoms with Crippen LogP contribution < -0.4 is 0 Å². The molecule has 0 aliphatic rings. The molecule has 29 heavy (non-hydrogen) atoms. The zero-order valence-electron chi connectivity index (χ0n) is 18.1. The summed E-state index contributed by atoms with van der Waals surface area (Å²) in [7, 11) is -5.93. The first-order valence-electron chi connectivity index (χ1n) is 9.33. The number of hydrogen-bond acceptors (Lipinski definition) is 4. The second-order valence-corrected chi connectivity index (χ2v) is 15.6. The van der Waals surface area contributed by atoms with E-state index in [1.165, 1.54) is 28.6 Å². The molecule has 0 amide bonds. The van der Waals surface area contributed by atoms with Crippen LogP contribution in [-0.2, 0) is 14.4 Å². The number of benzene rings is 1. The van der Waals surface area contributed by atoms with Crippen molar-refractivity contribution in [2.45, 2.75) is 56.8 Å². The smallest absolute Gasteiger partial charge is 0.245 e. The van der Waals surface area contributed by atoms with Crippen LogP contribution in [0.3, 0.4) is 0 Å². The minimum Gasteiger partial charge on any atom is -0.411 e. The fraction of sp³-hybridized carbons (Fsp3) is 0.476. The van der Waals surface area contributed by atoms with Crippen molar-refractivity contribution in [1.29, 1.82) is 5.26 Å². The van der Waals surface area contributed by atoms with E-state index in [2.05, 4.69) is 47.0 Å². The van der Waals surface area contributed by atoms with E-state index >= 15 is 0 Å².